The third-order valence-electron chi connectivity index (χ3n) is 3.57. The van der Waals surface area contributed by atoms with Crippen LogP contribution in [-0.4, -0.2) is 24.8 Å². The summed E-state index contributed by atoms with van der Waals surface area (Å²) in [6.45, 7) is 0. The van der Waals surface area contributed by atoms with Gasteiger partial charge in [0.1, 0.15) is 5.75 Å². The SMILES string of the molecule is COc1ccccc1C1=NOC(C(=O)Nc2ccc(Cl)c(Cl)c2)C1. The number of methoxy groups -OCH3 is 1. The Morgan fingerprint density at radius 3 is 2.79 bits per heavy atom. The van der Waals surface area contributed by atoms with Crippen molar-refractivity contribution in [2.45, 2.75) is 12.5 Å². The maximum Gasteiger partial charge on any atom is 0.268 e. The van der Waals surface area contributed by atoms with Gasteiger partial charge in [0.25, 0.3) is 5.91 Å². The van der Waals surface area contributed by atoms with E-state index in [1.165, 1.54) is 0 Å². The number of para-hydroxylation sites is 1. The van der Waals surface area contributed by atoms with Gasteiger partial charge in [0.05, 0.1) is 22.9 Å². The molecule has 0 saturated carbocycles. The molecule has 0 saturated heterocycles. The second-order valence-corrected chi connectivity index (χ2v) is 5.97. The van der Waals surface area contributed by atoms with Gasteiger partial charge in [0.2, 0.25) is 6.10 Å². The number of carbonyl (C=O) groups excluding carboxylic acids is 1. The molecule has 1 N–H and O–H groups in total. The zero-order chi connectivity index (χ0) is 17.1. The summed E-state index contributed by atoms with van der Waals surface area (Å²) in [5, 5.41) is 7.55. The summed E-state index contributed by atoms with van der Waals surface area (Å²) in [7, 11) is 1.59. The molecule has 5 nitrogen and oxygen atoms in total. The first-order chi connectivity index (χ1) is 11.6. The summed E-state index contributed by atoms with van der Waals surface area (Å²) < 4.78 is 5.31. The molecule has 1 unspecified atom stereocenters. The average molecular weight is 365 g/mol. The zero-order valence-corrected chi connectivity index (χ0v) is 14.3. The van der Waals surface area contributed by atoms with E-state index in [0.717, 1.165) is 5.56 Å². The van der Waals surface area contributed by atoms with Gasteiger partial charge in [-0.15, -0.1) is 0 Å². The topological polar surface area (TPSA) is 59.9 Å². The van der Waals surface area contributed by atoms with Crippen molar-refractivity contribution in [3.63, 3.8) is 0 Å². The van der Waals surface area contributed by atoms with E-state index in [1.807, 2.05) is 24.3 Å². The van der Waals surface area contributed by atoms with Crippen molar-refractivity contribution in [3.8, 4) is 5.75 Å². The predicted molar refractivity (Wildman–Crippen MR) is 94.1 cm³/mol. The minimum Gasteiger partial charge on any atom is -0.496 e. The molecule has 1 aliphatic rings. The number of nitrogens with one attached hydrogen (secondary N) is 1. The number of rotatable bonds is 4. The third-order valence-corrected chi connectivity index (χ3v) is 4.31. The van der Waals surface area contributed by atoms with Crippen LogP contribution in [0.5, 0.6) is 5.75 Å². The van der Waals surface area contributed by atoms with Crippen LogP contribution in [0.4, 0.5) is 5.69 Å². The first kappa shape index (κ1) is 16.6. The summed E-state index contributed by atoms with van der Waals surface area (Å²) in [5.74, 6) is 0.382. The number of carbonyl (C=O) groups is 1. The van der Waals surface area contributed by atoms with E-state index in [2.05, 4.69) is 10.5 Å². The second kappa shape index (κ2) is 7.11. The van der Waals surface area contributed by atoms with Crippen LogP contribution in [0.1, 0.15) is 12.0 Å². The third kappa shape index (κ3) is 3.47. The summed E-state index contributed by atoms with van der Waals surface area (Å²) in [6, 6.07) is 12.3. The summed E-state index contributed by atoms with van der Waals surface area (Å²) >= 11 is 11.8. The van der Waals surface area contributed by atoms with Crippen molar-refractivity contribution in [2.24, 2.45) is 5.16 Å². The molecule has 0 aliphatic carbocycles. The quantitative estimate of drug-likeness (QED) is 0.886. The lowest BCUT2D eigenvalue weighted by molar-refractivity contribution is -0.125. The molecular formula is C17H14Cl2N2O3. The van der Waals surface area contributed by atoms with Gasteiger partial charge in [0.15, 0.2) is 0 Å². The van der Waals surface area contributed by atoms with Crippen LogP contribution in [0.15, 0.2) is 47.6 Å². The van der Waals surface area contributed by atoms with Gasteiger partial charge < -0.3 is 14.9 Å². The molecule has 1 aliphatic heterocycles. The zero-order valence-electron chi connectivity index (χ0n) is 12.8. The molecule has 0 bridgehead atoms. The molecule has 2 aromatic carbocycles. The summed E-state index contributed by atoms with van der Waals surface area (Å²) in [4.78, 5) is 17.6. The minimum atomic E-state index is -0.709. The Morgan fingerprint density at radius 1 is 1.25 bits per heavy atom. The molecule has 2 aromatic rings. The Morgan fingerprint density at radius 2 is 2.04 bits per heavy atom. The molecule has 124 valence electrons. The molecule has 0 fully saturated rings. The molecule has 1 atom stereocenters. The Labute approximate surface area is 149 Å². The van der Waals surface area contributed by atoms with Crippen molar-refractivity contribution in [1.29, 1.82) is 0 Å². The van der Waals surface area contributed by atoms with E-state index < -0.39 is 6.10 Å². The Balaban J connectivity index is 1.68. The van der Waals surface area contributed by atoms with Gasteiger partial charge in [-0.05, 0) is 30.3 Å². The smallest absolute Gasteiger partial charge is 0.268 e. The van der Waals surface area contributed by atoms with E-state index in [-0.39, 0.29) is 5.91 Å². The number of oxime groups is 1. The maximum absolute atomic E-state index is 12.3. The van der Waals surface area contributed by atoms with Crippen molar-refractivity contribution in [2.75, 3.05) is 12.4 Å². The number of amides is 1. The number of benzene rings is 2. The van der Waals surface area contributed by atoms with E-state index in [4.69, 9.17) is 32.8 Å². The fraction of sp³-hybridized carbons (Fsp3) is 0.176. The maximum atomic E-state index is 12.3. The second-order valence-electron chi connectivity index (χ2n) is 5.15. The predicted octanol–water partition coefficient (Wildman–Crippen LogP) is 4.13. The first-order valence-electron chi connectivity index (χ1n) is 7.20. The number of anilines is 1. The molecule has 1 amide bonds. The normalized spacial score (nSPS) is 16.3. The van der Waals surface area contributed by atoms with Gasteiger partial charge in [-0.25, -0.2) is 0 Å². The van der Waals surface area contributed by atoms with Crippen molar-refractivity contribution < 1.29 is 14.4 Å². The van der Waals surface area contributed by atoms with Gasteiger partial charge in [-0.1, -0.05) is 40.5 Å². The lowest BCUT2D eigenvalue weighted by Crippen LogP contribution is -2.28. The lowest BCUT2D eigenvalue weighted by atomic mass is 10.0. The van der Waals surface area contributed by atoms with Crippen LogP contribution in [0.2, 0.25) is 10.0 Å². The van der Waals surface area contributed by atoms with Gasteiger partial charge in [0, 0.05) is 17.7 Å². The van der Waals surface area contributed by atoms with Crippen LogP contribution in [0, 0.1) is 0 Å². The largest absolute Gasteiger partial charge is 0.496 e. The highest BCUT2D eigenvalue weighted by Gasteiger charge is 2.30. The first-order valence-corrected chi connectivity index (χ1v) is 7.96. The Hall–Kier alpha value is -2.24. The number of hydrogen-bond donors (Lipinski definition) is 1. The van der Waals surface area contributed by atoms with E-state index in [1.54, 1.807) is 25.3 Å². The fourth-order valence-corrected chi connectivity index (χ4v) is 2.65. The molecule has 0 spiro atoms. The van der Waals surface area contributed by atoms with Crippen molar-refractivity contribution in [1.82, 2.24) is 0 Å². The van der Waals surface area contributed by atoms with E-state index in [9.17, 15) is 4.79 Å². The highest BCUT2D eigenvalue weighted by Crippen LogP contribution is 2.27. The average Bonchev–Trinajstić information content (AvgIpc) is 3.08. The minimum absolute atomic E-state index is 0.304. The fourth-order valence-electron chi connectivity index (χ4n) is 2.36. The van der Waals surface area contributed by atoms with E-state index in [0.29, 0.717) is 33.6 Å². The molecule has 1 heterocycles. The molecule has 24 heavy (non-hydrogen) atoms. The van der Waals surface area contributed by atoms with Crippen LogP contribution >= 0.6 is 23.2 Å². The summed E-state index contributed by atoms with van der Waals surface area (Å²) in [6.07, 6.45) is -0.354. The summed E-state index contributed by atoms with van der Waals surface area (Å²) in [5.41, 5.74) is 2.02. The molecule has 0 aromatic heterocycles. The number of halogens is 2. The number of nitrogens with zero attached hydrogens (tertiary/aromatic N) is 1. The highest BCUT2D eigenvalue weighted by atomic mass is 35.5. The van der Waals surface area contributed by atoms with Crippen molar-refractivity contribution in [3.05, 3.63) is 58.1 Å². The number of ether oxygens (including phenoxy) is 1. The highest BCUT2D eigenvalue weighted by molar-refractivity contribution is 6.42. The van der Waals surface area contributed by atoms with Crippen molar-refractivity contribution >= 4 is 40.5 Å². The van der Waals surface area contributed by atoms with Gasteiger partial charge in [-0.3, -0.25) is 4.79 Å². The Bertz CT molecular complexity index is 808. The number of hydrogen-bond acceptors (Lipinski definition) is 4. The molecule has 3 rings (SSSR count). The van der Waals surface area contributed by atoms with Crippen LogP contribution < -0.4 is 10.1 Å². The molecule has 7 heteroatoms. The molecule has 0 radical (unpaired) electrons. The van der Waals surface area contributed by atoms with Crippen LogP contribution in [0.25, 0.3) is 0 Å². The van der Waals surface area contributed by atoms with Crippen LogP contribution in [-0.2, 0) is 9.63 Å². The molecular weight excluding hydrogens is 351 g/mol. The standard InChI is InChI=1S/C17H14Cl2N2O3/c1-23-15-5-3-2-4-11(15)14-9-16(24-21-14)17(22)20-10-6-7-12(18)13(19)8-10/h2-8,16H,9H2,1H3,(H,20,22). The lowest BCUT2D eigenvalue weighted by Gasteiger charge is -2.10. The van der Waals surface area contributed by atoms with Gasteiger partial charge in [-0.2, -0.15) is 0 Å². The monoisotopic (exact) mass is 364 g/mol. The Kier molecular flexibility index (Phi) is 4.92. The van der Waals surface area contributed by atoms with Crippen LogP contribution in [0.3, 0.4) is 0 Å². The van der Waals surface area contributed by atoms with E-state index >= 15 is 0 Å². The van der Waals surface area contributed by atoms with Gasteiger partial charge >= 0.3 is 0 Å².